The van der Waals surface area contributed by atoms with Gasteiger partial charge in [-0.3, -0.25) is 14.3 Å². The van der Waals surface area contributed by atoms with Crippen molar-refractivity contribution in [3.05, 3.63) is 16.6 Å². The third-order valence-corrected chi connectivity index (χ3v) is 4.64. The van der Waals surface area contributed by atoms with Crippen molar-refractivity contribution in [2.45, 2.75) is 33.2 Å². The van der Waals surface area contributed by atoms with Gasteiger partial charge in [0.25, 0.3) is 5.91 Å². The zero-order valence-electron chi connectivity index (χ0n) is 12.5. The molecule has 0 radical (unpaired) electrons. The van der Waals surface area contributed by atoms with Gasteiger partial charge < -0.3 is 10.4 Å². The summed E-state index contributed by atoms with van der Waals surface area (Å²) < 4.78 is 1.75. The van der Waals surface area contributed by atoms with Gasteiger partial charge in [0.1, 0.15) is 4.83 Å². The second-order valence-corrected chi connectivity index (χ2v) is 6.49. The third kappa shape index (κ3) is 3.24. The Morgan fingerprint density at radius 3 is 2.67 bits per heavy atom. The minimum atomic E-state index is -0.912. The van der Waals surface area contributed by atoms with Crippen LogP contribution in [0, 0.1) is 12.8 Å². The maximum Gasteiger partial charge on any atom is 0.305 e. The topological polar surface area (TPSA) is 84.2 Å². The quantitative estimate of drug-likeness (QED) is 0.886. The van der Waals surface area contributed by atoms with Gasteiger partial charge in [0.05, 0.1) is 17.0 Å². The van der Waals surface area contributed by atoms with Gasteiger partial charge in [-0.25, -0.2) is 0 Å². The molecule has 1 atom stereocenters. The number of fused-ring (bicyclic) bond motifs is 1. The number of hydrogen-bond acceptors (Lipinski definition) is 4. The van der Waals surface area contributed by atoms with Crippen LogP contribution < -0.4 is 5.32 Å². The van der Waals surface area contributed by atoms with Crippen LogP contribution in [0.4, 0.5) is 0 Å². The van der Waals surface area contributed by atoms with Crippen LogP contribution in [-0.4, -0.2) is 32.8 Å². The van der Waals surface area contributed by atoms with E-state index in [1.54, 1.807) is 4.68 Å². The fraction of sp³-hybridized carbons (Fsp3) is 0.500. The van der Waals surface area contributed by atoms with Gasteiger partial charge in [0, 0.05) is 18.5 Å². The molecule has 1 amide bonds. The molecule has 0 bridgehead atoms. The summed E-state index contributed by atoms with van der Waals surface area (Å²) in [7, 11) is 1.84. The van der Waals surface area contributed by atoms with Crippen LogP contribution in [0.3, 0.4) is 0 Å². The summed E-state index contributed by atoms with van der Waals surface area (Å²) in [6.45, 7) is 5.69. The Bertz CT molecular complexity index is 652. The summed E-state index contributed by atoms with van der Waals surface area (Å²) in [5, 5.41) is 17.0. The number of nitrogens with one attached hydrogen (secondary N) is 1. The van der Waals surface area contributed by atoms with Crippen LogP contribution >= 0.6 is 11.3 Å². The Morgan fingerprint density at radius 2 is 2.14 bits per heavy atom. The van der Waals surface area contributed by atoms with Crippen LogP contribution in [0.25, 0.3) is 10.2 Å². The Balaban J connectivity index is 2.21. The second-order valence-electron chi connectivity index (χ2n) is 5.46. The van der Waals surface area contributed by atoms with E-state index in [4.69, 9.17) is 5.11 Å². The van der Waals surface area contributed by atoms with Crippen molar-refractivity contribution in [3.8, 4) is 0 Å². The first-order chi connectivity index (χ1) is 9.79. The minimum Gasteiger partial charge on any atom is -0.481 e. The lowest BCUT2D eigenvalue weighted by molar-refractivity contribution is -0.137. The van der Waals surface area contributed by atoms with Crippen molar-refractivity contribution >= 4 is 33.4 Å². The molecule has 0 spiro atoms. The first-order valence-corrected chi connectivity index (χ1v) is 7.57. The highest BCUT2D eigenvalue weighted by molar-refractivity contribution is 7.20. The summed E-state index contributed by atoms with van der Waals surface area (Å²) in [6, 6.07) is 1.44. The summed E-state index contributed by atoms with van der Waals surface area (Å²) >= 11 is 1.37. The molecule has 6 nitrogen and oxygen atoms in total. The highest BCUT2D eigenvalue weighted by Gasteiger charge is 2.22. The third-order valence-electron chi connectivity index (χ3n) is 3.44. The molecule has 2 heterocycles. The number of aromatic nitrogens is 2. The van der Waals surface area contributed by atoms with Crippen LogP contribution in [-0.2, 0) is 11.8 Å². The SMILES string of the molecule is Cc1nn(C)c2sc(C(=O)N[C@@H](CC(=O)O)C(C)C)cc12. The lowest BCUT2D eigenvalue weighted by Crippen LogP contribution is -2.39. The lowest BCUT2D eigenvalue weighted by Gasteiger charge is -2.20. The molecule has 2 N–H and O–H groups in total. The zero-order valence-corrected chi connectivity index (χ0v) is 13.3. The normalized spacial score (nSPS) is 12.8. The van der Waals surface area contributed by atoms with Crippen molar-refractivity contribution < 1.29 is 14.7 Å². The molecule has 2 aromatic rings. The molecule has 114 valence electrons. The van der Waals surface area contributed by atoms with Crippen LogP contribution in [0.1, 0.15) is 35.6 Å². The molecule has 0 saturated heterocycles. The molecule has 0 aliphatic carbocycles. The van der Waals surface area contributed by atoms with Crippen molar-refractivity contribution in [1.82, 2.24) is 15.1 Å². The van der Waals surface area contributed by atoms with Gasteiger partial charge in [-0.05, 0) is 18.9 Å². The molecule has 0 unspecified atom stereocenters. The molecule has 21 heavy (non-hydrogen) atoms. The Hall–Kier alpha value is -1.89. The zero-order chi connectivity index (χ0) is 15.7. The minimum absolute atomic E-state index is 0.0582. The van der Waals surface area contributed by atoms with E-state index in [1.807, 2.05) is 33.9 Å². The van der Waals surface area contributed by atoms with Crippen LogP contribution in [0.15, 0.2) is 6.07 Å². The van der Waals surface area contributed by atoms with Crippen molar-refractivity contribution in [2.24, 2.45) is 13.0 Å². The van der Waals surface area contributed by atoms with E-state index in [-0.39, 0.29) is 24.3 Å². The van der Waals surface area contributed by atoms with E-state index in [0.717, 1.165) is 15.9 Å². The van der Waals surface area contributed by atoms with E-state index in [0.29, 0.717) is 4.88 Å². The van der Waals surface area contributed by atoms with Crippen LogP contribution in [0.5, 0.6) is 0 Å². The predicted molar refractivity (Wildman–Crippen MR) is 81.7 cm³/mol. The molecule has 0 aromatic carbocycles. The Kier molecular flexibility index (Phi) is 4.32. The number of carbonyl (C=O) groups excluding carboxylic acids is 1. The number of aryl methyl sites for hydroxylation is 2. The number of thiophene rings is 1. The van der Waals surface area contributed by atoms with Crippen molar-refractivity contribution in [2.75, 3.05) is 0 Å². The maximum atomic E-state index is 12.3. The van der Waals surface area contributed by atoms with Gasteiger partial charge >= 0.3 is 5.97 Å². The molecule has 7 heteroatoms. The van der Waals surface area contributed by atoms with E-state index in [9.17, 15) is 9.59 Å². The fourth-order valence-electron chi connectivity index (χ4n) is 2.20. The molecule has 2 aromatic heterocycles. The molecule has 0 aliphatic rings. The van der Waals surface area contributed by atoms with Gasteiger partial charge in [-0.2, -0.15) is 5.10 Å². The second kappa shape index (κ2) is 5.85. The number of amides is 1. The summed E-state index contributed by atoms with van der Waals surface area (Å²) in [4.78, 5) is 24.7. The highest BCUT2D eigenvalue weighted by Crippen LogP contribution is 2.27. The van der Waals surface area contributed by atoms with E-state index in [2.05, 4.69) is 10.4 Å². The van der Waals surface area contributed by atoms with Gasteiger partial charge in [-0.1, -0.05) is 13.8 Å². The summed E-state index contributed by atoms with van der Waals surface area (Å²) in [6.07, 6.45) is -0.0745. The van der Waals surface area contributed by atoms with Gasteiger partial charge in [0.15, 0.2) is 0 Å². The number of aliphatic carboxylic acids is 1. The molecular formula is C14H19N3O3S. The smallest absolute Gasteiger partial charge is 0.305 e. The summed E-state index contributed by atoms with van der Waals surface area (Å²) in [5.74, 6) is -1.08. The monoisotopic (exact) mass is 309 g/mol. The number of hydrogen-bond donors (Lipinski definition) is 2. The van der Waals surface area contributed by atoms with Gasteiger partial charge in [-0.15, -0.1) is 11.3 Å². The summed E-state index contributed by atoms with van der Waals surface area (Å²) in [5.41, 5.74) is 0.883. The molecule has 2 rings (SSSR count). The standard InChI is InChI=1S/C14H19N3O3S/c1-7(2)10(6-12(18)19)15-13(20)11-5-9-8(3)16-17(4)14(9)21-11/h5,7,10H,6H2,1-4H3,(H,15,20)(H,18,19)/t10-/m0/s1. The molecule has 0 aliphatic heterocycles. The van der Waals surface area contributed by atoms with Gasteiger partial charge in [0.2, 0.25) is 0 Å². The number of nitrogens with zero attached hydrogens (tertiary/aromatic N) is 2. The average Bonchev–Trinajstić information content (AvgIpc) is 2.91. The first-order valence-electron chi connectivity index (χ1n) is 6.75. The predicted octanol–water partition coefficient (Wildman–Crippen LogP) is 2.17. The van der Waals surface area contributed by atoms with Crippen molar-refractivity contribution in [1.29, 1.82) is 0 Å². The van der Waals surface area contributed by atoms with Crippen LogP contribution in [0.2, 0.25) is 0 Å². The van der Waals surface area contributed by atoms with E-state index < -0.39 is 5.97 Å². The first kappa shape index (κ1) is 15.5. The number of carbonyl (C=O) groups is 2. The lowest BCUT2D eigenvalue weighted by atomic mass is 10.0. The van der Waals surface area contributed by atoms with E-state index in [1.165, 1.54) is 11.3 Å². The average molecular weight is 309 g/mol. The Morgan fingerprint density at radius 1 is 1.48 bits per heavy atom. The van der Waals surface area contributed by atoms with E-state index >= 15 is 0 Å². The fourth-order valence-corrected chi connectivity index (χ4v) is 3.22. The van der Waals surface area contributed by atoms with Crippen molar-refractivity contribution in [3.63, 3.8) is 0 Å². The molecule has 0 fully saturated rings. The molecule has 0 saturated carbocycles. The maximum absolute atomic E-state index is 12.3. The Labute approximate surface area is 126 Å². The molecular weight excluding hydrogens is 290 g/mol. The highest BCUT2D eigenvalue weighted by atomic mass is 32.1. The number of rotatable bonds is 5. The largest absolute Gasteiger partial charge is 0.481 e. The number of carboxylic acid groups (broad SMARTS) is 1. The number of carboxylic acids is 1.